The van der Waals surface area contributed by atoms with Crippen LogP contribution in [0, 0.1) is 0 Å². The average molecular weight is 293 g/mol. The number of hydrogen-bond donors (Lipinski definition) is 1. The number of methoxy groups -OCH3 is 3. The third kappa shape index (κ3) is 4.49. The number of carbonyl (C=O) groups excluding carboxylic acids is 1. The lowest BCUT2D eigenvalue weighted by atomic mass is 10.0. The predicted molar refractivity (Wildman–Crippen MR) is 82.3 cm³/mol. The van der Waals surface area contributed by atoms with E-state index in [0.29, 0.717) is 30.1 Å². The van der Waals surface area contributed by atoms with E-state index in [4.69, 9.17) is 14.2 Å². The van der Waals surface area contributed by atoms with Gasteiger partial charge in [0.2, 0.25) is 0 Å². The summed E-state index contributed by atoms with van der Waals surface area (Å²) in [5.74, 6) is 0.978. The molecule has 0 saturated heterocycles. The Kier molecular flexibility index (Phi) is 6.75. The first-order valence-corrected chi connectivity index (χ1v) is 6.72. The fourth-order valence-electron chi connectivity index (χ4n) is 2.08. The van der Waals surface area contributed by atoms with Gasteiger partial charge >= 0.3 is 0 Å². The van der Waals surface area contributed by atoms with Crippen molar-refractivity contribution in [3.8, 4) is 11.5 Å². The molecule has 0 bridgehead atoms. The summed E-state index contributed by atoms with van der Waals surface area (Å²) in [6.07, 6.45) is 2.35. The fraction of sp³-hybridized carbons (Fsp3) is 0.438. The van der Waals surface area contributed by atoms with Crippen LogP contribution in [0.1, 0.15) is 22.8 Å². The van der Waals surface area contributed by atoms with Crippen LogP contribution in [0.2, 0.25) is 0 Å². The number of nitrogens with one attached hydrogen (secondary N) is 1. The van der Waals surface area contributed by atoms with Crippen molar-refractivity contribution in [2.24, 2.45) is 0 Å². The van der Waals surface area contributed by atoms with Crippen molar-refractivity contribution >= 4 is 5.91 Å². The quantitative estimate of drug-likeness (QED) is 0.747. The predicted octanol–water partition coefficient (Wildman–Crippen LogP) is 2.20. The maximum Gasteiger partial charge on any atom is 0.251 e. The minimum atomic E-state index is -0.175. The van der Waals surface area contributed by atoms with Crippen molar-refractivity contribution in [2.75, 3.05) is 27.9 Å². The van der Waals surface area contributed by atoms with Crippen molar-refractivity contribution < 1.29 is 19.0 Å². The Balaban J connectivity index is 3.09. The molecule has 0 saturated carbocycles. The van der Waals surface area contributed by atoms with E-state index in [2.05, 4.69) is 11.9 Å². The van der Waals surface area contributed by atoms with Crippen LogP contribution in [0.4, 0.5) is 0 Å². The van der Waals surface area contributed by atoms with Crippen LogP contribution in [-0.4, -0.2) is 39.9 Å². The van der Waals surface area contributed by atoms with Crippen LogP contribution in [-0.2, 0) is 11.2 Å². The first-order chi connectivity index (χ1) is 10.1. The van der Waals surface area contributed by atoms with Gasteiger partial charge in [-0.2, -0.15) is 0 Å². The van der Waals surface area contributed by atoms with Gasteiger partial charge in [-0.05, 0) is 25.5 Å². The van der Waals surface area contributed by atoms with Crippen LogP contribution >= 0.6 is 0 Å². The highest BCUT2D eigenvalue weighted by Gasteiger charge is 2.16. The average Bonchev–Trinajstić information content (AvgIpc) is 2.46. The van der Waals surface area contributed by atoms with Gasteiger partial charge in [-0.25, -0.2) is 0 Å². The van der Waals surface area contributed by atoms with Crippen molar-refractivity contribution in [1.82, 2.24) is 5.32 Å². The Morgan fingerprint density at radius 3 is 2.57 bits per heavy atom. The third-order valence-corrected chi connectivity index (χ3v) is 2.98. The summed E-state index contributed by atoms with van der Waals surface area (Å²) in [5, 5.41) is 2.87. The molecule has 1 aromatic rings. The molecule has 1 rings (SSSR count). The van der Waals surface area contributed by atoms with Gasteiger partial charge in [0.05, 0.1) is 20.8 Å². The number of hydrogen-bond acceptors (Lipinski definition) is 4. The molecule has 0 radical (unpaired) electrons. The van der Waals surface area contributed by atoms with Gasteiger partial charge in [0, 0.05) is 24.3 Å². The fourth-order valence-corrected chi connectivity index (χ4v) is 2.08. The van der Waals surface area contributed by atoms with Gasteiger partial charge in [0.1, 0.15) is 0 Å². The Morgan fingerprint density at radius 2 is 2.05 bits per heavy atom. The third-order valence-electron chi connectivity index (χ3n) is 2.98. The zero-order valence-electron chi connectivity index (χ0n) is 13.1. The van der Waals surface area contributed by atoms with E-state index in [1.807, 2.05) is 6.92 Å². The monoisotopic (exact) mass is 293 g/mol. The molecular weight excluding hydrogens is 270 g/mol. The highest BCUT2D eigenvalue weighted by Crippen LogP contribution is 2.33. The van der Waals surface area contributed by atoms with Gasteiger partial charge in [-0.1, -0.05) is 6.08 Å². The number of ether oxygens (including phenoxy) is 3. The van der Waals surface area contributed by atoms with Crippen LogP contribution < -0.4 is 14.8 Å². The molecule has 0 unspecified atom stereocenters. The summed E-state index contributed by atoms with van der Waals surface area (Å²) >= 11 is 0. The molecule has 1 amide bonds. The van der Waals surface area contributed by atoms with E-state index < -0.39 is 0 Å². The van der Waals surface area contributed by atoms with E-state index in [1.54, 1.807) is 39.5 Å². The molecule has 0 spiro atoms. The summed E-state index contributed by atoms with van der Waals surface area (Å²) in [7, 11) is 4.72. The first kappa shape index (κ1) is 17.0. The second kappa shape index (κ2) is 8.32. The minimum absolute atomic E-state index is 0.0709. The number of amides is 1. The summed E-state index contributed by atoms with van der Waals surface area (Å²) < 4.78 is 15.7. The molecule has 21 heavy (non-hydrogen) atoms. The molecule has 116 valence electrons. The van der Waals surface area contributed by atoms with Gasteiger partial charge in [-0.3, -0.25) is 4.79 Å². The smallest absolute Gasteiger partial charge is 0.251 e. The highest BCUT2D eigenvalue weighted by molar-refractivity contribution is 5.95. The second-order valence-corrected chi connectivity index (χ2v) is 4.69. The molecule has 1 N–H and O–H groups in total. The summed E-state index contributed by atoms with van der Waals surface area (Å²) in [6, 6.07) is 3.39. The van der Waals surface area contributed by atoms with Gasteiger partial charge in [0.15, 0.2) is 11.5 Å². The van der Waals surface area contributed by atoms with E-state index >= 15 is 0 Å². The SMILES string of the molecule is C=CCc1cc(C(=O)N[C@H](C)COC)cc(OC)c1OC. The van der Waals surface area contributed by atoms with Gasteiger partial charge in [-0.15, -0.1) is 6.58 Å². The maximum atomic E-state index is 12.3. The Bertz CT molecular complexity index is 499. The second-order valence-electron chi connectivity index (χ2n) is 4.69. The molecule has 0 aromatic heterocycles. The van der Waals surface area contributed by atoms with Crippen molar-refractivity contribution in [1.29, 1.82) is 0 Å². The van der Waals surface area contributed by atoms with Crippen molar-refractivity contribution in [2.45, 2.75) is 19.4 Å². The lowest BCUT2D eigenvalue weighted by molar-refractivity contribution is 0.0905. The largest absolute Gasteiger partial charge is 0.493 e. The Hall–Kier alpha value is -2.01. The topological polar surface area (TPSA) is 56.8 Å². The normalized spacial score (nSPS) is 11.6. The van der Waals surface area contributed by atoms with Crippen LogP contribution in [0.15, 0.2) is 24.8 Å². The van der Waals surface area contributed by atoms with Crippen LogP contribution in [0.5, 0.6) is 11.5 Å². The molecule has 1 atom stereocenters. The molecule has 0 aliphatic heterocycles. The zero-order chi connectivity index (χ0) is 15.8. The Morgan fingerprint density at radius 1 is 1.33 bits per heavy atom. The van der Waals surface area contributed by atoms with E-state index in [0.717, 1.165) is 5.56 Å². The van der Waals surface area contributed by atoms with Crippen LogP contribution in [0.3, 0.4) is 0 Å². The highest BCUT2D eigenvalue weighted by atomic mass is 16.5. The number of allylic oxidation sites excluding steroid dienone is 1. The number of benzene rings is 1. The van der Waals surface area contributed by atoms with E-state index in [9.17, 15) is 4.79 Å². The molecule has 0 fully saturated rings. The molecule has 0 aliphatic rings. The lowest BCUT2D eigenvalue weighted by Gasteiger charge is -2.16. The van der Waals surface area contributed by atoms with Crippen molar-refractivity contribution in [3.63, 3.8) is 0 Å². The first-order valence-electron chi connectivity index (χ1n) is 6.72. The Labute approximate surface area is 125 Å². The van der Waals surface area contributed by atoms with E-state index in [1.165, 1.54) is 0 Å². The van der Waals surface area contributed by atoms with Gasteiger partial charge in [0.25, 0.3) is 5.91 Å². The number of rotatable bonds is 8. The molecular formula is C16H23NO4. The summed E-state index contributed by atoms with van der Waals surface area (Å²) in [4.78, 5) is 12.3. The van der Waals surface area contributed by atoms with E-state index in [-0.39, 0.29) is 11.9 Å². The minimum Gasteiger partial charge on any atom is -0.493 e. The van der Waals surface area contributed by atoms with Gasteiger partial charge < -0.3 is 19.5 Å². The molecule has 1 aromatic carbocycles. The summed E-state index contributed by atoms with van der Waals surface area (Å²) in [6.45, 7) is 6.06. The summed E-state index contributed by atoms with van der Waals surface area (Å²) in [5.41, 5.74) is 1.38. The van der Waals surface area contributed by atoms with Crippen LogP contribution in [0.25, 0.3) is 0 Å². The number of carbonyl (C=O) groups is 1. The standard InChI is InChI=1S/C16H23NO4/c1-6-7-12-8-13(9-14(20-4)15(12)21-5)16(18)17-11(2)10-19-3/h6,8-9,11H,1,7,10H2,2-5H3,(H,17,18)/t11-/m1/s1. The maximum absolute atomic E-state index is 12.3. The van der Waals surface area contributed by atoms with Crippen molar-refractivity contribution in [3.05, 3.63) is 35.9 Å². The molecule has 0 heterocycles. The molecule has 0 aliphatic carbocycles. The lowest BCUT2D eigenvalue weighted by Crippen LogP contribution is -2.35. The molecule has 5 nitrogen and oxygen atoms in total. The zero-order valence-corrected chi connectivity index (χ0v) is 13.1. The molecule has 5 heteroatoms.